The Bertz CT molecular complexity index is 856. The number of aromatic nitrogens is 2. The van der Waals surface area contributed by atoms with Crippen molar-refractivity contribution in [2.45, 2.75) is 32.6 Å². The lowest BCUT2D eigenvalue weighted by Gasteiger charge is -2.20. The number of fused-ring (bicyclic) bond motifs is 1. The molecule has 3 rings (SSSR count). The molecule has 0 spiro atoms. The lowest BCUT2D eigenvalue weighted by molar-refractivity contribution is -0.385. The largest absolute Gasteiger partial charge is 0.365 e. The van der Waals surface area contributed by atoms with E-state index in [0.29, 0.717) is 16.5 Å². The summed E-state index contributed by atoms with van der Waals surface area (Å²) >= 11 is 1.31. The first-order valence-electron chi connectivity index (χ1n) is 7.85. The summed E-state index contributed by atoms with van der Waals surface area (Å²) in [6, 6.07) is 0. The fourth-order valence-corrected chi connectivity index (χ4v) is 4.46. The van der Waals surface area contributed by atoms with Gasteiger partial charge in [-0.2, -0.15) is 5.10 Å². The van der Waals surface area contributed by atoms with E-state index in [2.05, 4.69) is 22.4 Å². The van der Waals surface area contributed by atoms with E-state index < -0.39 is 22.4 Å². The van der Waals surface area contributed by atoms with Crippen LogP contribution in [0.3, 0.4) is 0 Å². The number of nitrogens with zero attached hydrogens (tertiary/aromatic N) is 2. The molecule has 0 fully saturated rings. The summed E-state index contributed by atoms with van der Waals surface area (Å²) in [5.74, 6) is -0.789. The monoisotopic (exact) mass is 363 g/mol. The van der Waals surface area contributed by atoms with E-state index in [1.54, 1.807) is 0 Å². The van der Waals surface area contributed by atoms with Gasteiger partial charge in [0.1, 0.15) is 11.2 Å². The number of anilines is 1. The van der Waals surface area contributed by atoms with Gasteiger partial charge in [0.05, 0.1) is 10.5 Å². The quantitative estimate of drug-likeness (QED) is 0.551. The number of H-pyrrole nitrogens is 1. The molecule has 0 saturated heterocycles. The molecule has 0 saturated carbocycles. The van der Waals surface area contributed by atoms with Gasteiger partial charge in [-0.1, -0.05) is 13.3 Å². The molecule has 25 heavy (non-hydrogen) atoms. The van der Waals surface area contributed by atoms with E-state index >= 15 is 0 Å². The number of hydrogen-bond donors (Lipinski definition) is 3. The van der Waals surface area contributed by atoms with Gasteiger partial charge in [-0.3, -0.25) is 24.8 Å². The van der Waals surface area contributed by atoms with Crippen LogP contribution in [0.25, 0.3) is 0 Å². The second kappa shape index (κ2) is 6.63. The standard InChI is InChI=1S/C15H17N5O4S/c1-2-7-3-4-8-10(5-7)25-15(11(8)13(16)21)18-14(22)12-9(20(23)24)6-17-19-12/h6-7H,2-5H2,1H3,(H2,16,21)(H,17,19)(H,18,22). The summed E-state index contributed by atoms with van der Waals surface area (Å²) in [6.45, 7) is 2.12. The number of primary amides is 1. The Hall–Kier alpha value is -2.75. The van der Waals surface area contributed by atoms with Crippen LogP contribution < -0.4 is 11.1 Å². The Morgan fingerprint density at radius 3 is 2.96 bits per heavy atom. The third-order valence-corrected chi connectivity index (χ3v) is 5.63. The van der Waals surface area contributed by atoms with Crippen LogP contribution in [-0.2, 0) is 12.8 Å². The third kappa shape index (κ3) is 3.12. The van der Waals surface area contributed by atoms with Crippen LogP contribution in [0.4, 0.5) is 10.7 Å². The molecule has 0 bridgehead atoms. The lowest BCUT2D eigenvalue weighted by atomic mass is 9.85. The van der Waals surface area contributed by atoms with Crippen LogP contribution >= 0.6 is 11.3 Å². The maximum atomic E-state index is 12.4. The van der Waals surface area contributed by atoms with Gasteiger partial charge in [-0.05, 0) is 30.7 Å². The van der Waals surface area contributed by atoms with E-state index in [9.17, 15) is 19.7 Å². The van der Waals surface area contributed by atoms with Crippen molar-refractivity contribution in [2.24, 2.45) is 11.7 Å². The Balaban J connectivity index is 1.93. The number of rotatable bonds is 5. The molecule has 0 aliphatic heterocycles. The molecule has 132 valence electrons. The molecule has 2 amide bonds. The van der Waals surface area contributed by atoms with Crippen LogP contribution in [0, 0.1) is 16.0 Å². The van der Waals surface area contributed by atoms with Crippen molar-refractivity contribution in [1.82, 2.24) is 10.2 Å². The van der Waals surface area contributed by atoms with Gasteiger partial charge in [0.25, 0.3) is 11.8 Å². The van der Waals surface area contributed by atoms with Crippen molar-refractivity contribution in [3.8, 4) is 0 Å². The minimum atomic E-state index is -0.725. The fourth-order valence-electron chi connectivity index (χ4n) is 3.10. The minimum absolute atomic E-state index is 0.266. The molecular weight excluding hydrogens is 346 g/mol. The van der Waals surface area contributed by atoms with Crippen molar-refractivity contribution in [1.29, 1.82) is 0 Å². The summed E-state index contributed by atoms with van der Waals surface area (Å²) in [4.78, 5) is 35.6. The maximum absolute atomic E-state index is 12.4. The number of amides is 2. The number of nitrogens with one attached hydrogen (secondary N) is 2. The van der Waals surface area contributed by atoms with Gasteiger partial charge in [-0.25, -0.2) is 0 Å². The molecule has 2 aromatic rings. The molecule has 2 heterocycles. The van der Waals surface area contributed by atoms with Crippen LogP contribution in [0.5, 0.6) is 0 Å². The highest BCUT2D eigenvalue weighted by molar-refractivity contribution is 7.17. The van der Waals surface area contributed by atoms with E-state index in [-0.39, 0.29) is 5.69 Å². The number of thiophene rings is 1. The molecule has 9 nitrogen and oxygen atoms in total. The third-order valence-electron chi connectivity index (χ3n) is 4.46. The van der Waals surface area contributed by atoms with Gasteiger partial charge in [0.2, 0.25) is 5.69 Å². The maximum Gasteiger partial charge on any atom is 0.319 e. The average Bonchev–Trinajstić information content (AvgIpc) is 3.18. The van der Waals surface area contributed by atoms with E-state index in [0.717, 1.165) is 42.3 Å². The van der Waals surface area contributed by atoms with Crippen LogP contribution in [0.15, 0.2) is 6.20 Å². The summed E-state index contributed by atoms with van der Waals surface area (Å²) < 4.78 is 0. The van der Waals surface area contributed by atoms with Gasteiger partial charge in [0, 0.05) is 4.88 Å². The van der Waals surface area contributed by atoms with E-state index in [1.165, 1.54) is 11.3 Å². The normalized spacial score (nSPS) is 16.3. The minimum Gasteiger partial charge on any atom is -0.365 e. The zero-order chi connectivity index (χ0) is 18.1. The second-order valence-electron chi connectivity index (χ2n) is 5.93. The first-order valence-corrected chi connectivity index (χ1v) is 8.67. The van der Waals surface area contributed by atoms with Gasteiger partial charge >= 0.3 is 5.69 Å². The molecule has 1 unspecified atom stereocenters. The van der Waals surface area contributed by atoms with Gasteiger partial charge < -0.3 is 11.1 Å². The van der Waals surface area contributed by atoms with Crippen LogP contribution in [0.2, 0.25) is 0 Å². The Labute approximate surface area is 146 Å². The van der Waals surface area contributed by atoms with E-state index in [4.69, 9.17) is 5.73 Å². The van der Waals surface area contributed by atoms with Crippen LogP contribution in [0.1, 0.15) is 51.1 Å². The zero-order valence-electron chi connectivity index (χ0n) is 13.5. The second-order valence-corrected chi connectivity index (χ2v) is 7.04. The number of hydrogen-bond acceptors (Lipinski definition) is 6. The molecule has 1 aliphatic rings. The molecule has 10 heteroatoms. The molecule has 4 N–H and O–H groups in total. The van der Waals surface area contributed by atoms with Crippen LogP contribution in [-0.4, -0.2) is 26.9 Å². The molecule has 2 aromatic heterocycles. The van der Waals surface area contributed by atoms with Crippen molar-refractivity contribution in [3.63, 3.8) is 0 Å². The van der Waals surface area contributed by atoms with Crippen molar-refractivity contribution < 1.29 is 14.5 Å². The summed E-state index contributed by atoms with van der Waals surface area (Å²) in [6.07, 6.45) is 4.57. The Morgan fingerprint density at radius 2 is 2.32 bits per heavy atom. The Morgan fingerprint density at radius 1 is 1.56 bits per heavy atom. The number of carbonyl (C=O) groups is 2. The van der Waals surface area contributed by atoms with Crippen molar-refractivity contribution >= 4 is 33.8 Å². The van der Waals surface area contributed by atoms with Crippen molar-refractivity contribution in [2.75, 3.05) is 5.32 Å². The summed E-state index contributed by atoms with van der Waals surface area (Å²) in [5.41, 5.74) is 6.02. The van der Waals surface area contributed by atoms with Gasteiger partial charge in [-0.15, -0.1) is 11.3 Å². The summed E-state index contributed by atoms with van der Waals surface area (Å²) in [5, 5.41) is 19.7. The highest BCUT2D eigenvalue weighted by Gasteiger charge is 2.30. The highest BCUT2D eigenvalue weighted by atomic mass is 32.1. The first-order chi connectivity index (χ1) is 11.9. The fraction of sp³-hybridized carbons (Fsp3) is 0.400. The first kappa shape index (κ1) is 17.1. The zero-order valence-corrected chi connectivity index (χ0v) is 14.3. The topological polar surface area (TPSA) is 144 Å². The molecular formula is C15H17N5O4S. The molecule has 0 radical (unpaired) electrons. The van der Waals surface area contributed by atoms with Crippen molar-refractivity contribution in [3.05, 3.63) is 38.0 Å². The molecule has 1 aliphatic carbocycles. The Kier molecular flexibility index (Phi) is 4.53. The SMILES string of the molecule is CCC1CCc2c(sc(NC(=O)c3[nH]ncc3[N+](=O)[O-])c2C(N)=O)C1. The predicted octanol–water partition coefficient (Wildman–Crippen LogP) is 2.25. The molecule has 1 atom stereocenters. The van der Waals surface area contributed by atoms with Gasteiger partial charge in [0.15, 0.2) is 0 Å². The number of aromatic amines is 1. The number of nitrogens with two attached hydrogens (primary N) is 1. The lowest BCUT2D eigenvalue weighted by Crippen LogP contribution is -2.20. The average molecular weight is 363 g/mol. The number of nitro groups is 1. The predicted molar refractivity (Wildman–Crippen MR) is 91.8 cm³/mol. The molecule has 0 aromatic carbocycles. The smallest absolute Gasteiger partial charge is 0.319 e. The highest BCUT2D eigenvalue weighted by Crippen LogP contribution is 2.40. The summed E-state index contributed by atoms with van der Waals surface area (Å²) in [7, 11) is 0. The number of carbonyl (C=O) groups excluding carboxylic acids is 2. The van der Waals surface area contributed by atoms with E-state index in [1.807, 2.05) is 0 Å².